The first-order valence-corrected chi connectivity index (χ1v) is 6.44. The molecule has 0 atom stereocenters. The van der Waals surface area contributed by atoms with Crippen molar-refractivity contribution in [1.29, 1.82) is 5.26 Å². The second-order valence-corrected chi connectivity index (χ2v) is 4.72. The minimum absolute atomic E-state index is 0.562. The van der Waals surface area contributed by atoms with Crippen molar-refractivity contribution in [2.24, 2.45) is 0 Å². The molecule has 0 saturated carbocycles. The van der Waals surface area contributed by atoms with Crippen LogP contribution in [-0.4, -0.2) is 12.1 Å². The van der Waals surface area contributed by atoms with E-state index in [1.807, 2.05) is 24.3 Å². The number of aromatic nitrogens is 1. The molecule has 0 radical (unpaired) electrons. The smallest absolute Gasteiger partial charge is 0.127 e. The van der Waals surface area contributed by atoms with Gasteiger partial charge in [-0.3, -0.25) is 0 Å². The molecular weight excluding hydrogens is 306 g/mol. The number of ether oxygens (including phenoxy) is 1. The number of benzene rings is 1. The Kier molecular flexibility index (Phi) is 4.37. The van der Waals surface area contributed by atoms with Crippen LogP contribution in [0.1, 0.15) is 11.1 Å². The Balaban J connectivity index is 2.04. The summed E-state index contributed by atoms with van der Waals surface area (Å²) in [5.41, 5.74) is 1.68. The maximum atomic E-state index is 8.94. The van der Waals surface area contributed by atoms with Crippen molar-refractivity contribution in [1.82, 2.24) is 4.98 Å². The molecule has 0 fully saturated rings. The fourth-order valence-corrected chi connectivity index (χ4v) is 1.86. The molecule has 0 aliphatic heterocycles. The summed E-state index contributed by atoms with van der Waals surface area (Å²) in [5, 5.41) is 12.1. The molecule has 19 heavy (non-hydrogen) atoms. The zero-order chi connectivity index (χ0) is 13.7. The zero-order valence-electron chi connectivity index (χ0n) is 10.4. The van der Waals surface area contributed by atoms with Gasteiger partial charge in [0.2, 0.25) is 0 Å². The van der Waals surface area contributed by atoms with E-state index in [0.717, 1.165) is 11.3 Å². The van der Waals surface area contributed by atoms with E-state index in [2.05, 4.69) is 32.3 Å². The van der Waals surface area contributed by atoms with Gasteiger partial charge in [-0.2, -0.15) is 5.26 Å². The van der Waals surface area contributed by atoms with Crippen LogP contribution < -0.4 is 10.1 Å². The van der Waals surface area contributed by atoms with Crippen LogP contribution in [-0.2, 0) is 6.54 Å². The monoisotopic (exact) mass is 317 g/mol. The van der Waals surface area contributed by atoms with Gasteiger partial charge in [0.15, 0.2) is 0 Å². The minimum atomic E-state index is 0.562. The summed E-state index contributed by atoms with van der Waals surface area (Å²) < 4.78 is 5.80. The Hall–Kier alpha value is -2.06. The van der Waals surface area contributed by atoms with Crippen LogP contribution in [0.15, 0.2) is 41.0 Å². The largest absolute Gasteiger partial charge is 0.497 e. The molecule has 0 unspecified atom stereocenters. The molecule has 0 amide bonds. The third-order valence-electron chi connectivity index (χ3n) is 2.61. The lowest BCUT2D eigenvalue weighted by Gasteiger charge is -2.07. The average Bonchev–Trinajstić information content (AvgIpc) is 2.47. The Morgan fingerprint density at radius 1 is 1.37 bits per heavy atom. The van der Waals surface area contributed by atoms with E-state index < -0.39 is 0 Å². The molecule has 1 N–H and O–H groups in total. The van der Waals surface area contributed by atoms with Gasteiger partial charge in [0.1, 0.15) is 17.6 Å². The van der Waals surface area contributed by atoms with Gasteiger partial charge in [-0.25, -0.2) is 4.98 Å². The first-order valence-electron chi connectivity index (χ1n) is 5.65. The van der Waals surface area contributed by atoms with E-state index in [1.54, 1.807) is 19.4 Å². The third kappa shape index (κ3) is 3.46. The first kappa shape index (κ1) is 13.4. The van der Waals surface area contributed by atoms with E-state index in [0.29, 0.717) is 22.4 Å². The second kappa shape index (κ2) is 6.21. The highest BCUT2D eigenvalue weighted by molar-refractivity contribution is 9.10. The average molecular weight is 318 g/mol. The second-order valence-electron chi connectivity index (χ2n) is 3.86. The molecule has 1 heterocycles. The van der Waals surface area contributed by atoms with E-state index in [1.165, 1.54) is 0 Å². The van der Waals surface area contributed by atoms with Crippen molar-refractivity contribution >= 4 is 21.7 Å². The Morgan fingerprint density at radius 3 is 2.74 bits per heavy atom. The van der Waals surface area contributed by atoms with Crippen LogP contribution in [0.5, 0.6) is 5.75 Å². The van der Waals surface area contributed by atoms with Crippen molar-refractivity contribution < 1.29 is 4.74 Å². The van der Waals surface area contributed by atoms with Crippen molar-refractivity contribution in [2.45, 2.75) is 6.54 Å². The summed E-state index contributed by atoms with van der Waals surface area (Å²) in [6.07, 6.45) is 1.62. The van der Waals surface area contributed by atoms with Gasteiger partial charge in [0.05, 0.1) is 17.1 Å². The van der Waals surface area contributed by atoms with Gasteiger partial charge in [-0.15, -0.1) is 0 Å². The molecule has 0 saturated heterocycles. The number of anilines is 1. The normalized spacial score (nSPS) is 9.74. The lowest BCUT2D eigenvalue weighted by Crippen LogP contribution is -2.01. The molecule has 1 aromatic carbocycles. The van der Waals surface area contributed by atoms with Crippen LogP contribution in [0, 0.1) is 11.3 Å². The lowest BCUT2D eigenvalue weighted by molar-refractivity contribution is 0.414. The van der Waals surface area contributed by atoms with Gasteiger partial charge in [0.25, 0.3) is 0 Å². The summed E-state index contributed by atoms with van der Waals surface area (Å²) in [4.78, 5) is 4.20. The SMILES string of the molecule is COc1ccc(CNc2cc(C#N)c(Br)cn2)cc1. The molecule has 4 nitrogen and oxygen atoms in total. The maximum Gasteiger partial charge on any atom is 0.127 e. The summed E-state index contributed by atoms with van der Waals surface area (Å²) >= 11 is 3.28. The highest BCUT2D eigenvalue weighted by Gasteiger charge is 2.02. The molecule has 96 valence electrons. The number of nitrogens with zero attached hydrogens (tertiary/aromatic N) is 2. The molecule has 5 heteroatoms. The predicted octanol–water partition coefficient (Wildman–Crippen LogP) is 3.34. The highest BCUT2D eigenvalue weighted by atomic mass is 79.9. The van der Waals surface area contributed by atoms with Crippen molar-refractivity contribution in [3.8, 4) is 11.8 Å². The maximum absolute atomic E-state index is 8.94. The quantitative estimate of drug-likeness (QED) is 0.939. The third-order valence-corrected chi connectivity index (χ3v) is 3.24. The minimum Gasteiger partial charge on any atom is -0.497 e. The predicted molar refractivity (Wildman–Crippen MR) is 77.0 cm³/mol. The van der Waals surface area contributed by atoms with E-state index in [-0.39, 0.29) is 0 Å². The van der Waals surface area contributed by atoms with Gasteiger partial charge in [-0.05, 0) is 39.7 Å². The Labute approximate surface area is 120 Å². The summed E-state index contributed by atoms with van der Waals surface area (Å²) in [5.74, 6) is 1.51. The number of nitrogens with one attached hydrogen (secondary N) is 1. The number of nitriles is 1. The van der Waals surface area contributed by atoms with Crippen LogP contribution in [0.25, 0.3) is 0 Å². The van der Waals surface area contributed by atoms with Gasteiger partial charge in [-0.1, -0.05) is 12.1 Å². The Bertz CT molecular complexity index is 605. The highest BCUT2D eigenvalue weighted by Crippen LogP contribution is 2.18. The molecule has 0 bridgehead atoms. The molecular formula is C14H12BrN3O. The number of methoxy groups -OCH3 is 1. The number of halogens is 1. The summed E-state index contributed by atoms with van der Waals surface area (Å²) in [7, 11) is 1.64. The number of pyridine rings is 1. The van der Waals surface area contributed by atoms with Crippen LogP contribution in [0.4, 0.5) is 5.82 Å². The standard InChI is InChI=1S/C14H12BrN3O/c1-19-12-4-2-10(3-5-12)8-17-14-6-11(7-16)13(15)9-18-14/h2-6,9H,8H2,1H3,(H,17,18). The van der Waals surface area contributed by atoms with Crippen molar-refractivity contribution in [3.05, 3.63) is 52.1 Å². The molecule has 0 aliphatic carbocycles. The molecule has 0 spiro atoms. The molecule has 0 aliphatic rings. The van der Waals surface area contributed by atoms with Gasteiger partial charge in [0, 0.05) is 12.7 Å². The van der Waals surface area contributed by atoms with Gasteiger partial charge >= 0.3 is 0 Å². The fraction of sp³-hybridized carbons (Fsp3) is 0.143. The van der Waals surface area contributed by atoms with E-state index in [9.17, 15) is 0 Å². The molecule has 2 rings (SSSR count). The lowest BCUT2D eigenvalue weighted by atomic mass is 10.2. The Morgan fingerprint density at radius 2 is 2.11 bits per heavy atom. The van der Waals surface area contributed by atoms with Crippen LogP contribution in [0.2, 0.25) is 0 Å². The number of hydrogen-bond donors (Lipinski definition) is 1. The topological polar surface area (TPSA) is 57.9 Å². The van der Waals surface area contributed by atoms with Gasteiger partial charge < -0.3 is 10.1 Å². The summed E-state index contributed by atoms with van der Waals surface area (Å²) in [6, 6.07) is 11.6. The van der Waals surface area contributed by atoms with Crippen LogP contribution in [0.3, 0.4) is 0 Å². The van der Waals surface area contributed by atoms with Crippen molar-refractivity contribution in [3.63, 3.8) is 0 Å². The van der Waals surface area contributed by atoms with Crippen LogP contribution >= 0.6 is 15.9 Å². The molecule has 2 aromatic rings. The number of hydrogen-bond acceptors (Lipinski definition) is 4. The van der Waals surface area contributed by atoms with E-state index in [4.69, 9.17) is 10.00 Å². The van der Waals surface area contributed by atoms with E-state index >= 15 is 0 Å². The van der Waals surface area contributed by atoms with Crippen molar-refractivity contribution in [2.75, 3.05) is 12.4 Å². The molecule has 1 aromatic heterocycles. The first-order chi connectivity index (χ1) is 9.22. The fourth-order valence-electron chi connectivity index (χ4n) is 1.56. The number of rotatable bonds is 4. The zero-order valence-corrected chi connectivity index (χ0v) is 11.9. The summed E-state index contributed by atoms with van der Waals surface area (Å²) in [6.45, 7) is 0.642.